The Bertz CT molecular complexity index is 473. The largest absolute Gasteiger partial charge is 0.371 e. The van der Waals surface area contributed by atoms with Crippen LogP contribution in [0.25, 0.3) is 0 Å². The highest BCUT2D eigenvalue weighted by Gasteiger charge is 2.17. The van der Waals surface area contributed by atoms with Crippen LogP contribution in [0.4, 0.5) is 11.4 Å². The molecular formula is C12H13N3O2. The summed E-state index contributed by atoms with van der Waals surface area (Å²) in [4.78, 5) is 12.4. The Morgan fingerprint density at radius 1 is 1.29 bits per heavy atom. The van der Waals surface area contributed by atoms with Gasteiger partial charge in [-0.3, -0.25) is 10.1 Å². The van der Waals surface area contributed by atoms with Gasteiger partial charge in [0.1, 0.15) is 11.6 Å². The third kappa shape index (κ3) is 2.36. The van der Waals surface area contributed by atoms with Crippen LogP contribution in [0.5, 0.6) is 0 Å². The van der Waals surface area contributed by atoms with E-state index in [0.29, 0.717) is 0 Å². The lowest BCUT2D eigenvalue weighted by atomic mass is 10.1. The molecule has 88 valence electrons. The number of benzene rings is 1. The van der Waals surface area contributed by atoms with Gasteiger partial charge in [0.05, 0.1) is 4.92 Å². The summed E-state index contributed by atoms with van der Waals surface area (Å²) in [5.74, 6) is 0. The molecule has 0 unspecified atom stereocenters. The van der Waals surface area contributed by atoms with Crippen LogP contribution < -0.4 is 4.90 Å². The number of nitriles is 1. The van der Waals surface area contributed by atoms with Crippen molar-refractivity contribution < 1.29 is 4.92 Å². The summed E-state index contributed by atoms with van der Waals surface area (Å²) in [7, 11) is 0. The van der Waals surface area contributed by atoms with E-state index >= 15 is 0 Å². The van der Waals surface area contributed by atoms with Crippen molar-refractivity contribution >= 4 is 11.4 Å². The quantitative estimate of drug-likeness (QED) is 0.579. The lowest BCUT2D eigenvalue weighted by molar-refractivity contribution is -0.385. The Balaban J connectivity index is 2.31. The molecule has 1 saturated heterocycles. The van der Waals surface area contributed by atoms with E-state index in [4.69, 9.17) is 5.26 Å². The second kappa shape index (κ2) is 4.83. The van der Waals surface area contributed by atoms with Crippen molar-refractivity contribution in [2.45, 2.75) is 19.3 Å². The topological polar surface area (TPSA) is 70.2 Å². The van der Waals surface area contributed by atoms with Crippen LogP contribution in [0.15, 0.2) is 18.2 Å². The molecule has 1 aromatic carbocycles. The van der Waals surface area contributed by atoms with E-state index in [1.807, 2.05) is 6.07 Å². The van der Waals surface area contributed by atoms with Crippen LogP contribution in [-0.4, -0.2) is 18.0 Å². The molecule has 0 amide bonds. The number of nitro groups is 1. The Kier molecular flexibility index (Phi) is 3.24. The van der Waals surface area contributed by atoms with Crippen molar-refractivity contribution in [2.24, 2.45) is 0 Å². The highest BCUT2D eigenvalue weighted by molar-refractivity contribution is 5.60. The zero-order valence-corrected chi connectivity index (χ0v) is 9.43. The first kappa shape index (κ1) is 11.4. The van der Waals surface area contributed by atoms with Crippen LogP contribution in [-0.2, 0) is 0 Å². The van der Waals surface area contributed by atoms with E-state index in [9.17, 15) is 10.1 Å². The monoisotopic (exact) mass is 231 g/mol. The first-order valence-electron chi connectivity index (χ1n) is 5.66. The summed E-state index contributed by atoms with van der Waals surface area (Å²) in [5, 5.41) is 19.6. The van der Waals surface area contributed by atoms with E-state index in [0.717, 1.165) is 31.6 Å². The van der Waals surface area contributed by atoms with Gasteiger partial charge in [0.25, 0.3) is 5.69 Å². The second-order valence-electron chi connectivity index (χ2n) is 4.12. The molecule has 1 aromatic rings. The van der Waals surface area contributed by atoms with Gasteiger partial charge in [0.15, 0.2) is 0 Å². The standard InChI is InChI=1S/C12H13N3O2/c13-9-10-8-11(4-5-12(10)15(16)17)14-6-2-1-3-7-14/h4-5,8H,1-3,6-7H2. The molecule has 1 fully saturated rings. The number of hydrogen-bond donors (Lipinski definition) is 0. The van der Waals surface area contributed by atoms with Crippen LogP contribution in [0, 0.1) is 21.4 Å². The zero-order chi connectivity index (χ0) is 12.3. The van der Waals surface area contributed by atoms with Gasteiger partial charge < -0.3 is 4.90 Å². The normalized spacial score (nSPS) is 15.4. The Labute approximate surface area is 99.4 Å². The number of hydrogen-bond acceptors (Lipinski definition) is 4. The summed E-state index contributed by atoms with van der Waals surface area (Å²) in [6.45, 7) is 1.92. The van der Waals surface area contributed by atoms with Gasteiger partial charge in [-0.2, -0.15) is 5.26 Å². The smallest absolute Gasteiger partial charge is 0.287 e. The third-order valence-electron chi connectivity index (χ3n) is 3.02. The zero-order valence-electron chi connectivity index (χ0n) is 9.43. The van der Waals surface area contributed by atoms with Gasteiger partial charge in [-0.15, -0.1) is 0 Å². The first-order chi connectivity index (χ1) is 8.22. The lowest BCUT2D eigenvalue weighted by Crippen LogP contribution is -2.29. The van der Waals surface area contributed by atoms with Crippen molar-refractivity contribution in [1.29, 1.82) is 5.26 Å². The first-order valence-corrected chi connectivity index (χ1v) is 5.66. The fourth-order valence-electron chi connectivity index (χ4n) is 2.12. The molecule has 1 aliphatic heterocycles. The van der Waals surface area contributed by atoms with Crippen molar-refractivity contribution in [3.8, 4) is 6.07 Å². The minimum atomic E-state index is -0.515. The molecule has 1 aliphatic rings. The minimum Gasteiger partial charge on any atom is -0.371 e. The highest BCUT2D eigenvalue weighted by Crippen LogP contribution is 2.26. The molecule has 0 spiro atoms. The predicted molar refractivity (Wildman–Crippen MR) is 63.9 cm³/mol. The summed E-state index contributed by atoms with van der Waals surface area (Å²) in [6.07, 6.45) is 3.51. The molecule has 1 heterocycles. The highest BCUT2D eigenvalue weighted by atomic mass is 16.6. The van der Waals surface area contributed by atoms with Crippen molar-refractivity contribution in [2.75, 3.05) is 18.0 Å². The average Bonchev–Trinajstić information content (AvgIpc) is 2.39. The van der Waals surface area contributed by atoms with Gasteiger partial charge in [-0.1, -0.05) is 0 Å². The third-order valence-corrected chi connectivity index (χ3v) is 3.02. The van der Waals surface area contributed by atoms with Gasteiger partial charge in [-0.05, 0) is 31.4 Å². The van der Waals surface area contributed by atoms with Gasteiger partial charge in [-0.25, -0.2) is 0 Å². The summed E-state index contributed by atoms with van der Waals surface area (Å²) < 4.78 is 0. The average molecular weight is 231 g/mol. The number of nitrogens with zero attached hydrogens (tertiary/aromatic N) is 3. The maximum Gasteiger partial charge on any atom is 0.287 e. The van der Waals surface area contributed by atoms with Crippen molar-refractivity contribution in [1.82, 2.24) is 0 Å². The maximum absolute atomic E-state index is 10.7. The minimum absolute atomic E-state index is 0.117. The Morgan fingerprint density at radius 3 is 2.59 bits per heavy atom. The van der Waals surface area contributed by atoms with Gasteiger partial charge in [0, 0.05) is 24.8 Å². The molecule has 0 aromatic heterocycles. The van der Waals surface area contributed by atoms with Gasteiger partial charge in [0.2, 0.25) is 0 Å². The molecule has 0 N–H and O–H groups in total. The molecule has 5 nitrogen and oxygen atoms in total. The molecule has 0 atom stereocenters. The molecule has 0 saturated carbocycles. The molecule has 5 heteroatoms. The molecule has 2 rings (SSSR count). The van der Waals surface area contributed by atoms with E-state index in [2.05, 4.69) is 4.90 Å². The van der Waals surface area contributed by atoms with E-state index in [1.165, 1.54) is 12.5 Å². The summed E-state index contributed by atoms with van der Waals surface area (Å²) >= 11 is 0. The van der Waals surface area contributed by atoms with Crippen LogP contribution >= 0.6 is 0 Å². The Morgan fingerprint density at radius 2 is 2.00 bits per heavy atom. The summed E-state index contributed by atoms with van der Waals surface area (Å²) in [6, 6.07) is 6.65. The van der Waals surface area contributed by atoms with Crippen molar-refractivity contribution in [3.05, 3.63) is 33.9 Å². The molecule has 0 radical (unpaired) electrons. The molecule has 17 heavy (non-hydrogen) atoms. The van der Waals surface area contributed by atoms with E-state index in [-0.39, 0.29) is 11.3 Å². The van der Waals surface area contributed by atoms with Crippen LogP contribution in [0.2, 0.25) is 0 Å². The van der Waals surface area contributed by atoms with Crippen LogP contribution in [0.1, 0.15) is 24.8 Å². The molecular weight excluding hydrogens is 218 g/mol. The van der Waals surface area contributed by atoms with Crippen molar-refractivity contribution in [3.63, 3.8) is 0 Å². The fraction of sp³-hybridized carbons (Fsp3) is 0.417. The summed E-state index contributed by atoms with van der Waals surface area (Å²) in [5.41, 5.74) is 0.929. The number of anilines is 1. The van der Waals surface area contributed by atoms with E-state index in [1.54, 1.807) is 12.1 Å². The number of piperidine rings is 1. The lowest BCUT2D eigenvalue weighted by Gasteiger charge is -2.28. The fourth-order valence-corrected chi connectivity index (χ4v) is 2.12. The molecule has 0 aliphatic carbocycles. The van der Waals surface area contributed by atoms with E-state index < -0.39 is 4.92 Å². The van der Waals surface area contributed by atoms with Crippen LogP contribution in [0.3, 0.4) is 0 Å². The second-order valence-corrected chi connectivity index (χ2v) is 4.12. The molecule has 0 bridgehead atoms. The maximum atomic E-state index is 10.7. The predicted octanol–water partition coefficient (Wildman–Crippen LogP) is 2.46. The number of rotatable bonds is 2. The number of nitro benzene ring substituents is 1. The van der Waals surface area contributed by atoms with Gasteiger partial charge >= 0.3 is 0 Å². The Hall–Kier alpha value is -2.09. The SMILES string of the molecule is N#Cc1cc(N2CCCCC2)ccc1[N+](=O)[O-].